The Morgan fingerprint density at radius 1 is 1.28 bits per heavy atom. The molecule has 1 atom stereocenters. The number of hydrogen-bond acceptors (Lipinski definition) is 9. The first-order chi connectivity index (χ1) is 15.3. The van der Waals surface area contributed by atoms with Gasteiger partial charge < -0.3 is 29.2 Å². The molecule has 2 heterocycles. The first-order valence-electron chi connectivity index (χ1n) is 10.8. The standard InChI is InChI=1S/C23H31NO8/c1-14(5-7-17(25)31-13-10-24-8-11-30-12-9-24)4-6-16-20(26)19-18(15(2)21(16)29-3)22(27)32-23(19)28/h4,22,26-27H,5-13H2,1-3H3/b14-4+/t22-/m1/s1. The zero-order chi connectivity index (χ0) is 23.3. The average Bonchev–Trinajstić information content (AvgIpc) is 3.08. The van der Waals surface area contributed by atoms with Crippen molar-refractivity contribution in [2.24, 2.45) is 0 Å². The van der Waals surface area contributed by atoms with Gasteiger partial charge in [0.2, 0.25) is 6.29 Å². The lowest BCUT2D eigenvalue weighted by atomic mass is 9.94. The van der Waals surface area contributed by atoms with E-state index in [0.717, 1.165) is 18.7 Å². The quantitative estimate of drug-likeness (QED) is 0.431. The van der Waals surface area contributed by atoms with Crippen LogP contribution in [0.3, 0.4) is 0 Å². The summed E-state index contributed by atoms with van der Waals surface area (Å²) in [4.78, 5) is 26.3. The SMILES string of the molecule is COc1c(C)c2c(c(O)c1C/C=C(\C)CCC(=O)OCCN1CCOCC1)C(=O)O[C@H]2O. The summed E-state index contributed by atoms with van der Waals surface area (Å²) < 4.78 is 20.9. The number of esters is 2. The van der Waals surface area contributed by atoms with Gasteiger partial charge in [0.05, 0.1) is 20.3 Å². The lowest BCUT2D eigenvalue weighted by molar-refractivity contribution is -0.144. The zero-order valence-electron chi connectivity index (χ0n) is 18.8. The molecule has 0 aromatic heterocycles. The molecule has 0 aliphatic carbocycles. The van der Waals surface area contributed by atoms with Crippen molar-refractivity contribution in [2.45, 2.75) is 39.4 Å². The number of fused-ring (bicyclic) bond motifs is 1. The van der Waals surface area contributed by atoms with Gasteiger partial charge in [-0.2, -0.15) is 0 Å². The number of phenolic OH excluding ortho intramolecular Hbond substituents is 1. The maximum atomic E-state index is 12.0. The second-order valence-corrected chi connectivity index (χ2v) is 7.96. The van der Waals surface area contributed by atoms with E-state index in [1.807, 2.05) is 13.0 Å². The summed E-state index contributed by atoms with van der Waals surface area (Å²) in [7, 11) is 1.46. The molecule has 2 aliphatic heterocycles. The maximum absolute atomic E-state index is 12.0. The van der Waals surface area contributed by atoms with Crippen LogP contribution in [0, 0.1) is 6.92 Å². The molecule has 32 heavy (non-hydrogen) atoms. The number of carbonyl (C=O) groups excluding carboxylic acids is 2. The topological polar surface area (TPSA) is 115 Å². The molecule has 9 heteroatoms. The number of aromatic hydroxyl groups is 1. The van der Waals surface area contributed by atoms with Crippen molar-refractivity contribution < 1.29 is 38.7 Å². The van der Waals surface area contributed by atoms with Crippen LogP contribution in [0.5, 0.6) is 11.5 Å². The van der Waals surface area contributed by atoms with Crippen molar-refractivity contribution in [3.8, 4) is 11.5 Å². The fraction of sp³-hybridized carbons (Fsp3) is 0.565. The molecule has 0 spiro atoms. The predicted octanol–water partition coefficient (Wildman–Crippen LogP) is 2.01. The first kappa shape index (κ1) is 24.0. The van der Waals surface area contributed by atoms with Crippen molar-refractivity contribution in [2.75, 3.05) is 46.6 Å². The molecule has 1 fully saturated rings. The van der Waals surface area contributed by atoms with Crippen LogP contribution in [0.2, 0.25) is 0 Å². The fourth-order valence-corrected chi connectivity index (χ4v) is 3.99. The zero-order valence-corrected chi connectivity index (χ0v) is 18.8. The number of ether oxygens (including phenoxy) is 4. The Kier molecular flexibility index (Phi) is 8.11. The number of aliphatic hydroxyl groups excluding tert-OH is 1. The summed E-state index contributed by atoms with van der Waals surface area (Å²) in [5.74, 6) is -0.880. The molecule has 0 saturated carbocycles. The van der Waals surface area contributed by atoms with Crippen molar-refractivity contribution in [3.63, 3.8) is 0 Å². The minimum atomic E-state index is -1.42. The molecule has 0 radical (unpaired) electrons. The number of phenols is 1. The molecule has 1 aromatic carbocycles. The molecule has 9 nitrogen and oxygen atoms in total. The number of methoxy groups -OCH3 is 1. The summed E-state index contributed by atoms with van der Waals surface area (Å²) >= 11 is 0. The van der Waals surface area contributed by atoms with E-state index >= 15 is 0 Å². The summed E-state index contributed by atoms with van der Waals surface area (Å²) in [5, 5.41) is 20.6. The third-order valence-electron chi connectivity index (χ3n) is 5.84. The monoisotopic (exact) mass is 449 g/mol. The molecule has 176 valence electrons. The first-order valence-corrected chi connectivity index (χ1v) is 10.8. The summed E-state index contributed by atoms with van der Waals surface area (Å²) in [5.41, 5.74) is 2.12. The maximum Gasteiger partial charge on any atom is 0.345 e. The van der Waals surface area contributed by atoms with Crippen LogP contribution in [0.1, 0.15) is 53.1 Å². The minimum Gasteiger partial charge on any atom is -0.507 e. The normalized spacial score (nSPS) is 18.9. The summed E-state index contributed by atoms with van der Waals surface area (Å²) in [6.45, 7) is 7.80. The van der Waals surface area contributed by atoms with Gasteiger partial charge in [-0.15, -0.1) is 0 Å². The van der Waals surface area contributed by atoms with Gasteiger partial charge in [-0.25, -0.2) is 4.79 Å². The highest BCUT2D eigenvalue weighted by atomic mass is 16.6. The van der Waals surface area contributed by atoms with Crippen LogP contribution in [0.25, 0.3) is 0 Å². The van der Waals surface area contributed by atoms with E-state index in [2.05, 4.69) is 4.90 Å². The molecule has 1 saturated heterocycles. The highest BCUT2D eigenvalue weighted by Gasteiger charge is 2.37. The fourth-order valence-electron chi connectivity index (χ4n) is 3.99. The molecule has 1 aromatic rings. The van der Waals surface area contributed by atoms with E-state index in [9.17, 15) is 19.8 Å². The van der Waals surface area contributed by atoms with Crippen LogP contribution < -0.4 is 4.74 Å². The Morgan fingerprint density at radius 2 is 2.00 bits per heavy atom. The Bertz CT molecular complexity index is 889. The molecule has 2 N–H and O–H groups in total. The number of morpholine rings is 1. The van der Waals surface area contributed by atoms with E-state index in [1.165, 1.54) is 7.11 Å². The van der Waals surface area contributed by atoms with Gasteiger partial charge in [0.1, 0.15) is 23.7 Å². The Labute approximate surface area is 187 Å². The lowest BCUT2D eigenvalue weighted by Gasteiger charge is -2.26. The second-order valence-electron chi connectivity index (χ2n) is 7.96. The lowest BCUT2D eigenvalue weighted by Crippen LogP contribution is -2.38. The summed E-state index contributed by atoms with van der Waals surface area (Å²) in [6.07, 6.45) is 1.53. The van der Waals surface area contributed by atoms with Crippen molar-refractivity contribution >= 4 is 11.9 Å². The second kappa shape index (κ2) is 10.8. The van der Waals surface area contributed by atoms with Crippen LogP contribution in [0.4, 0.5) is 0 Å². The van der Waals surface area contributed by atoms with Crippen molar-refractivity contribution in [3.05, 3.63) is 33.9 Å². The number of cyclic esters (lactones) is 1. The summed E-state index contributed by atoms with van der Waals surface area (Å²) in [6, 6.07) is 0. The third kappa shape index (κ3) is 5.40. The Morgan fingerprint density at radius 3 is 2.69 bits per heavy atom. The third-order valence-corrected chi connectivity index (χ3v) is 5.84. The van der Waals surface area contributed by atoms with E-state index in [0.29, 0.717) is 56.1 Å². The van der Waals surface area contributed by atoms with Gasteiger partial charge in [0.15, 0.2) is 0 Å². The van der Waals surface area contributed by atoms with Crippen molar-refractivity contribution in [1.82, 2.24) is 4.90 Å². The van der Waals surface area contributed by atoms with Crippen LogP contribution in [-0.2, 0) is 25.4 Å². The molecular formula is C23H31NO8. The van der Waals surface area contributed by atoms with Gasteiger partial charge in [-0.05, 0) is 26.7 Å². The highest BCUT2D eigenvalue weighted by Crippen LogP contribution is 2.45. The highest BCUT2D eigenvalue weighted by molar-refractivity contribution is 5.98. The van der Waals surface area contributed by atoms with Crippen LogP contribution in [0.15, 0.2) is 11.6 Å². The molecular weight excluding hydrogens is 418 g/mol. The number of benzene rings is 1. The van der Waals surface area contributed by atoms with Gasteiger partial charge >= 0.3 is 11.9 Å². The van der Waals surface area contributed by atoms with E-state index < -0.39 is 12.3 Å². The largest absolute Gasteiger partial charge is 0.507 e. The van der Waals surface area contributed by atoms with Crippen molar-refractivity contribution in [1.29, 1.82) is 0 Å². The minimum absolute atomic E-state index is 0.0271. The Balaban J connectivity index is 1.56. The van der Waals surface area contributed by atoms with Gasteiger partial charge in [0, 0.05) is 42.7 Å². The van der Waals surface area contributed by atoms with Crippen LogP contribution in [-0.4, -0.2) is 73.6 Å². The van der Waals surface area contributed by atoms with E-state index in [1.54, 1.807) is 6.92 Å². The van der Waals surface area contributed by atoms with E-state index in [4.69, 9.17) is 18.9 Å². The number of nitrogens with zero attached hydrogens (tertiary/aromatic N) is 1. The number of aliphatic hydroxyl groups is 1. The molecule has 0 amide bonds. The smallest absolute Gasteiger partial charge is 0.345 e. The van der Waals surface area contributed by atoms with E-state index in [-0.39, 0.29) is 29.3 Å². The van der Waals surface area contributed by atoms with Gasteiger partial charge in [-0.3, -0.25) is 9.69 Å². The van der Waals surface area contributed by atoms with Gasteiger partial charge in [-0.1, -0.05) is 11.6 Å². The predicted molar refractivity (Wildman–Crippen MR) is 115 cm³/mol. The van der Waals surface area contributed by atoms with Crippen LogP contribution >= 0.6 is 0 Å². The number of hydrogen-bond donors (Lipinski definition) is 2. The van der Waals surface area contributed by atoms with Gasteiger partial charge in [0.25, 0.3) is 0 Å². The molecule has 0 bridgehead atoms. The number of carbonyl (C=O) groups is 2. The molecule has 2 aliphatic rings. The molecule has 3 rings (SSSR count). The number of allylic oxidation sites excluding steroid dienone is 2. The average molecular weight is 450 g/mol. The number of rotatable bonds is 9. The Hall–Kier alpha value is -2.62. The molecule has 0 unspecified atom stereocenters.